The first kappa shape index (κ1) is 16.2. The van der Waals surface area contributed by atoms with Gasteiger partial charge in [0.1, 0.15) is 10.7 Å². The van der Waals surface area contributed by atoms with Gasteiger partial charge in [-0.15, -0.1) is 0 Å². The van der Waals surface area contributed by atoms with Crippen LogP contribution in [-0.4, -0.2) is 18.5 Å². The number of nitrogens with one attached hydrogen (secondary N) is 1. The molecule has 0 saturated carbocycles. The quantitative estimate of drug-likeness (QED) is 0.839. The van der Waals surface area contributed by atoms with E-state index in [9.17, 15) is 8.42 Å². The van der Waals surface area contributed by atoms with Crippen molar-refractivity contribution >= 4 is 43.4 Å². The van der Waals surface area contributed by atoms with Crippen LogP contribution in [-0.2, 0) is 16.6 Å². The average molecular weight is 392 g/mol. The summed E-state index contributed by atoms with van der Waals surface area (Å²) in [6, 6.07) is 5.92. The van der Waals surface area contributed by atoms with Crippen LogP contribution in [0.2, 0.25) is 5.02 Å². The van der Waals surface area contributed by atoms with Crippen molar-refractivity contribution in [2.75, 3.05) is 4.72 Å². The Hall–Kier alpha value is -1.15. The van der Waals surface area contributed by atoms with Crippen LogP contribution in [0.25, 0.3) is 0 Å². The number of pyridine rings is 1. The number of anilines is 1. The molecule has 0 aliphatic carbocycles. The van der Waals surface area contributed by atoms with E-state index in [1.54, 1.807) is 12.1 Å². The average Bonchev–Trinajstić information content (AvgIpc) is 2.43. The molecule has 5 nitrogen and oxygen atoms in total. The number of sulfonamides is 1. The second kappa shape index (κ2) is 6.31. The topological polar surface area (TPSA) is 79.3 Å². The third-order valence-corrected chi connectivity index (χ3v) is 5.42. The number of hydrogen-bond acceptors (Lipinski definition) is 4. The van der Waals surface area contributed by atoms with Crippen molar-refractivity contribution in [3.05, 3.63) is 51.1 Å². The van der Waals surface area contributed by atoms with E-state index < -0.39 is 10.0 Å². The van der Waals surface area contributed by atoms with Gasteiger partial charge in [-0.3, -0.25) is 4.72 Å². The monoisotopic (exact) mass is 390 g/mol. The van der Waals surface area contributed by atoms with E-state index in [-0.39, 0.29) is 22.3 Å². The molecule has 2 aromatic rings. The summed E-state index contributed by atoms with van der Waals surface area (Å²) in [5.41, 5.74) is 1.30. The fourth-order valence-electron chi connectivity index (χ4n) is 1.64. The van der Waals surface area contributed by atoms with Crippen LogP contribution in [0.1, 0.15) is 11.1 Å². The van der Waals surface area contributed by atoms with Crippen LogP contribution < -0.4 is 4.72 Å². The molecule has 1 heterocycles. The minimum atomic E-state index is -3.88. The Bertz CT molecular complexity index is 781. The number of hydrogen-bond donors (Lipinski definition) is 2. The normalized spacial score (nSPS) is 11.4. The summed E-state index contributed by atoms with van der Waals surface area (Å²) in [5, 5.41) is 9.18. The number of aliphatic hydroxyl groups excluding tert-OH is 1. The number of aromatic nitrogens is 1. The van der Waals surface area contributed by atoms with Crippen LogP contribution in [0.3, 0.4) is 0 Å². The smallest absolute Gasteiger partial charge is 0.264 e. The van der Waals surface area contributed by atoms with Crippen LogP contribution in [0, 0.1) is 6.92 Å². The molecule has 1 aromatic heterocycles. The second-order valence-electron chi connectivity index (χ2n) is 4.35. The maximum Gasteiger partial charge on any atom is 0.264 e. The summed E-state index contributed by atoms with van der Waals surface area (Å²) in [5.74, 6) is 0.196. The third kappa shape index (κ3) is 3.74. The lowest BCUT2D eigenvalue weighted by Gasteiger charge is -2.10. The van der Waals surface area contributed by atoms with Crippen molar-refractivity contribution in [1.29, 1.82) is 0 Å². The molecule has 0 unspecified atom stereocenters. The van der Waals surface area contributed by atoms with Crippen molar-refractivity contribution in [2.24, 2.45) is 0 Å². The van der Waals surface area contributed by atoms with Gasteiger partial charge in [0, 0.05) is 10.7 Å². The molecule has 0 bridgehead atoms. The number of aliphatic hydroxyl groups is 1. The van der Waals surface area contributed by atoms with Gasteiger partial charge < -0.3 is 5.11 Å². The zero-order valence-corrected chi connectivity index (χ0v) is 14.1. The predicted molar refractivity (Wildman–Crippen MR) is 84.9 cm³/mol. The lowest BCUT2D eigenvalue weighted by molar-refractivity contribution is 0.281. The van der Waals surface area contributed by atoms with Gasteiger partial charge >= 0.3 is 0 Å². The highest BCUT2D eigenvalue weighted by Crippen LogP contribution is 2.25. The molecule has 0 spiro atoms. The van der Waals surface area contributed by atoms with Gasteiger partial charge in [-0.05, 0) is 52.2 Å². The van der Waals surface area contributed by atoms with Gasteiger partial charge in [0.2, 0.25) is 0 Å². The summed E-state index contributed by atoms with van der Waals surface area (Å²) in [6.07, 6.45) is 1.51. The van der Waals surface area contributed by atoms with Crippen molar-refractivity contribution in [2.45, 2.75) is 18.4 Å². The molecule has 8 heteroatoms. The van der Waals surface area contributed by atoms with E-state index in [2.05, 4.69) is 25.6 Å². The lowest BCUT2D eigenvalue weighted by atomic mass is 10.2. The number of aryl methyl sites for hydroxylation is 1. The minimum absolute atomic E-state index is 0.0773. The Labute approximate surface area is 136 Å². The number of rotatable bonds is 4. The van der Waals surface area contributed by atoms with Gasteiger partial charge in [0.25, 0.3) is 10.0 Å². The Morgan fingerprint density at radius 2 is 2.10 bits per heavy atom. The summed E-state index contributed by atoms with van der Waals surface area (Å²) in [7, 11) is -3.88. The molecular formula is C13H12BrClN2O3S. The molecule has 0 atom stereocenters. The fraction of sp³-hybridized carbons (Fsp3) is 0.154. The molecule has 0 saturated heterocycles. The Balaban J connectivity index is 2.40. The van der Waals surface area contributed by atoms with Crippen molar-refractivity contribution in [3.63, 3.8) is 0 Å². The number of benzene rings is 1. The fourth-order valence-corrected chi connectivity index (χ4v) is 3.41. The van der Waals surface area contributed by atoms with E-state index in [4.69, 9.17) is 16.7 Å². The van der Waals surface area contributed by atoms with E-state index >= 15 is 0 Å². The summed E-state index contributed by atoms with van der Waals surface area (Å²) < 4.78 is 27.9. The highest BCUT2D eigenvalue weighted by molar-refractivity contribution is 9.10. The Morgan fingerprint density at radius 1 is 1.38 bits per heavy atom. The maximum atomic E-state index is 12.4. The van der Waals surface area contributed by atoms with Crippen LogP contribution in [0.4, 0.5) is 5.82 Å². The van der Waals surface area contributed by atoms with Crippen molar-refractivity contribution < 1.29 is 13.5 Å². The largest absolute Gasteiger partial charge is 0.392 e. The lowest BCUT2D eigenvalue weighted by Crippen LogP contribution is -2.15. The Morgan fingerprint density at radius 3 is 2.71 bits per heavy atom. The van der Waals surface area contributed by atoms with Crippen LogP contribution >= 0.6 is 27.5 Å². The molecule has 21 heavy (non-hydrogen) atoms. The molecule has 1 aromatic carbocycles. The van der Waals surface area contributed by atoms with E-state index in [0.717, 1.165) is 10.0 Å². The molecule has 0 radical (unpaired) electrons. The minimum Gasteiger partial charge on any atom is -0.392 e. The van der Waals surface area contributed by atoms with Gasteiger partial charge in [0.15, 0.2) is 0 Å². The summed E-state index contributed by atoms with van der Waals surface area (Å²) >= 11 is 9.23. The first-order valence-corrected chi connectivity index (χ1v) is 8.53. The first-order chi connectivity index (χ1) is 9.83. The highest BCUT2D eigenvalue weighted by atomic mass is 79.9. The van der Waals surface area contributed by atoms with E-state index in [0.29, 0.717) is 5.56 Å². The van der Waals surface area contributed by atoms with Crippen molar-refractivity contribution in [1.82, 2.24) is 4.98 Å². The number of halogens is 2. The van der Waals surface area contributed by atoms with Gasteiger partial charge in [-0.25, -0.2) is 13.4 Å². The highest BCUT2D eigenvalue weighted by Gasteiger charge is 2.19. The van der Waals surface area contributed by atoms with Crippen molar-refractivity contribution in [3.8, 4) is 0 Å². The molecule has 0 amide bonds. The van der Waals surface area contributed by atoms with Crippen LogP contribution in [0.15, 0.2) is 39.8 Å². The maximum absolute atomic E-state index is 12.4. The zero-order valence-electron chi connectivity index (χ0n) is 11.0. The van der Waals surface area contributed by atoms with E-state index in [1.807, 2.05) is 6.92 Å². The SMILES string of the molecule is Cc1cc(NS(=O)(=O)c2cc(CO)ccc2Cl)ncc1Br. The van der Waals surface area contributed by atoms with E-state index in [1.165, 1.54) is 18.3 Å². The molecule has 2 rings (SSSR count). The third-order valence-electron chi connectivity index (χ3n) is 2.75. The number of nitrogens with zero attached hydrogens (tertiary/aromatic N) is 1. The molecule has 112 valence electrons. The van der Waals surface area contributed by atoms with Gasteiger partial charge in [0.05, 0.1) is 11.6 Å². The zero-order chi connectivity index (χ0) is 15.6. The van der Waals surface area contributed by atoms with Gasteiger partial charge in [-0.2, -0.15) is 0 Å². The summed E-state index contributed by atoms with van der Waals surface area (Å²) in [4.78, 5) is 3.89. The summed E-state index contributed by atoms with van der Waals surface area (Å²) in [6.45, 7) is 1.55. The van der Waals surface area contributed by atoms with Crippen LogP contribution in [0.5, 0.6) is 0 Å². The molecule has 0 fully saturated rings. The van der Waals surface area contributed by atoms with Gasteiger partial charge in [-0.1, -0.05) is 17.7 Å². The molecular weight excluding hydrogens is 380 g/mol. The first-order valence-electron chi connectivity index (χ1n) is 5.88. The predicted octanol–water partition coefficient (Wildman–Crippen LogP) is 3.10. The molecule has 0 aliphatic rings. The molecule has 2 N–H and O–H groups in total. The Kier molecular flexibility index (Phi) is 4.88. The second-order valence-corrected chi connectivity index (χ2v) is 7.26. The molecule has 0 aliphatic heterocycles. The standard InChI is InChI=1S/C13H12BrClN2O3S/c1-8-4-13(16-6-10(8)14)17-21(19,20)12-5-9(7-18)2-3-11(12)15/h2-6,18H,7H2,1H3,(H,16,17).